The van der Waals surface area contributed by atoms with Crippen LogP contribution in [0.1, 0.15) is 5.56 Å². The Hall–Kier alpha value is -2.92. The molecule has 0 radical (unpaired) electrons. The predicted octanol–water partition coefficient (Wildman–Crippen LogP) is 2.79. The molecular formula is C15H9Cl2F3N6O2. The lowest BCUT2D eigenvalue weighted by Crippen LogP contribution is -2.30. The largest absolute Gasteiger partial charge is 0.416 e. The summed E-state index contributed by atoms with van der Waals surface area (Å²) in [7, 11) is 0. The quantitative estimate of drug-likeness (QED) is 0.683. The number of carbonyl (C=O) groups is 1. The first-order valence-corrected chi connectivity index (χ1v) is 8.19. The van der Waals surface area contributed by atoms with Gasteiger partial charge in [0.2, 0.25) is 5.91 Å². The summed E-state index contributed by atoms with van der Waals surface area (Å²) in [5.41, 5.74) is -1.83. The molecule has 1 N–H and O–H groups in total. The third-order valence-electron chi connectivity index (χ3n) is 3.50. The lowest BCUT2D eigenvalue weighted by Gasteiger charge is -2.14. The van der Waals surface area contributed by atoms with Gasteiger partial charge in [0.1, 0.15) is 24.2 Å². The van der Waals surface area contributed by atoms with Crippen molar-refractivity contribution < 1.29 is 18.0 Å². The highest BCUT2D eigenvalue weighted by Gasteiger charge is 2.31. The van der Waals surface area contributed by atoms with Gasteiger partial charge in [0, 0.05) is 0 Å². The molecule has 0 fully saturated rings. The van der Waals surface area contributed by atoms with Crippen molar-refractivity contribution in [1.82, 2.24) is 24.5 Å². The number of hydrogen-bond acceptors (Lipinski definition) is 5. The fourth-order valence-corrected chi connectivity index (χ4v) is 2.50. The number of nitrogens with zero attached hydrogens (tertiary/aromatic N) is 5. The smallest absolute Gasteiger partial charge is 0.323 e. The summed E-state index contributed by atoms with van der Waals surface area (Å²) < 4.78 is 41.0. The molecule has 8 nitrogen and oxygen atoms in total. The Morgan fingerprint density at radius 1 is 1.21 bits per heavy atom. The molecule has 0 aliphatic rings. The third-order valence-corrected chi connectivity index (χ3v) is 4.25. The number of alkyl halides is 3. The van der Waals surface area contributed by atoms with Gasteiger partial charge in [0.05, 0.1) is 28.2 Å². The molecule has 3 aromatic rings. The van der Waals surface area contributed by atoms with E-state index in [9.17, 15) is 22.8 Å². The van der Waals surface area contributed by atoms with Gasteiger partial charge in [0.25, 0.3) is 5.56 Å². The molecule has 0 saturated heterocycles. The molecule has 0 bridgehead atoms. The summed E-state index contributed by atoms with van der Waals surface area (Å²) in [5, 5.41) is 9.41. The predicted molar refractivity (Wildman–Crippen MR) is 93.5 cm³/mol. The summed E-state index contributed by atoms with van der Waals surface area (Å²) in [6, 6.07) is 2.73. The van der Waals surface area contributed by atoms with Crippen LogP contribution in [0, 0.1) is 0 Å². The number of anilines is 1. The highest BCUT2D eigenvalue weighted by molar-refractivity contribution is 6.41. The normalized spacial score (nSPS) is 11.5. The van der Waals surface area contributed by atoms with E-state index < -0.39 is 29.8 Å². The van der Waals surface area contributed by atoms with Crippen LogP contribution in [0.4, 0.5) is 18.9 Å². The maximum Gasteiger partial charge on any atom is 0.416 e. The number of aromatic nitrogens is 5. The monoisotopic (exact) mass is 432 g/mol. The standard InChI is InChI=1S/C15H9Cl2F3N6O2/c16-9-4-22-25(14(28)13(9)17)5-12(27)24-10-3-8(15(18,19)20)1-2-11(10)26-7-21-6-23-26/h1-4,6-7H,5H2,(H,24,27). The van der Waals surface area contributed by atoms with Gasteiger partial charge in [-0.05, 0) is 18.2 Å². The summed E-state index contributed by atoms with van der Waals surface area (Å²) in [5.74, 6) is -0.811. The van der Waals surface area contributed by atoms with Crippen molar-refractivity contribution in [2.45, 2.75) is 12.7 Å². The van der Waals surface area contributed by atoms with Crippen LogP contribution < -0.4 is 10.9 Å². The van der Waals surface area contributed by atoms with Gasteiger partial charge in [-0.1, -0.05) is 23.2 Å². The molecule has 146 valence electrons. The molecule has 0 unspecified atom stereocenters. The van der Waals surface area contributed by atoms with Crippen LogP contribution in [0.5, 0.6) is 0 Å². The van der Waals surface area contributed by atoms with E-state index >= 15 is 0 Å². The second kappa shape index (κ2) is 7.60. The van der Waals surface area contributed by atoms with Crippen LogP contribution in [0.15, 0.2) is 41.8 Å². The molecular weight excluding hydrogens is 424 g/mol. The Kier molecular flexibility index (Phi) is 5.38. The molecule has 0 aliphatic heterocycles. The SMILES string of the molecule is O=C(Cn1ncc(Cl)c(Cl)c1=O)Nc1cc(C(F)(F)F)ccc1-n1cncn1. The Morgan fingerprint density at radius 3 is 2.61 bits per heavy atom. The molecule has 1 aromatic carbocycles. The van der Waals surface area contributed by atoms with E-state index in [-0.39, 0.29) is 21.4 Å². The van der Waals surface area contributed by atoms with Crippen molar-refractivity contribution in [2.24, 2.45) is 0 Å². The number of benzene rings is 1. The first kappa shape index (κ1) is 19.8. The molecule has 28 heavy (non-hydrogen) atoms. The molecule has 2 aromatic heterocycles. The Bertz CT molecular complexity index is 1080. The molecule has 0 atom stereocenters. The van der Waals surface area contributed by atoms with E-state index in [1.807, 2.05) is 0 Å². The van der Waals surface area contributed by atoms with Gasteiger partial charge in [-0.3, -0.25) is 9.59 Å². The molecule has 2 heterocycles. The van der Waals surface area contributed by atoms with Crippen molar-refractivity contribution in [3.05, 3.63) is 63.0 Å². The minimum absolute atomic E-state index is 0.0883. The van der Waals surface area contributed by atoms with Crippen LogP contribution in [0.2, 0.25) is 10.0 Å². The Balaban J connectivity index is 1.93. The summed E-state index contributed by atoms with van der Waals surface area (Å²) in [6.45, 7) is -0.594. The first-order valence-electron chi connectivity index (χ1n) is 7.44. The number of halogens is 5. The van der Waals surface area contributed by atoms with Crippen molar-refractivity contribution in [3.63, 3.8) is 0 Å². The van der Waals surface area contributed by atoms with Crippen LogP contribution >= 0.6 is 23.2 Å². The summed E-state index contributed by atoms with van der Waals surface area (Å²) in [6.07, 6.45) is -1.11. The van der Waals surface area contributed by atoms with Gasteiger partial charge < -0.3 is 5.32 Å². The fraction of sp³-hybridized carbons (Fsp3) is 0.133. The van der Waals surface area contributed by atoms with E-state index in [4.69, 9.17) is 23.2 Å². The van der Waals surface area contributed by atoms with Gasteiger partial charge in [0.15, 0.2) is 0 Å². The second-order valence-electron chi connectivity index (χ2n) is 5.39. The minimum atomic E-state index is -4.62. The van der Waals surface area contributed by atoms with Gasteiger partial charge >= 0.3 is 6.18 Å². The average molecular weight is 433 g/mol. The number of rotatable bonds is 4. The van der Waals surface area contributed by atoms with Crippen LogP contribution in [-0.2, 0) is 17.5 Å². The minimum Gasteiger partial charge on any atom is -0.323 e. The highest BCUT2D eigenvalue weighted by atomic mass is 35.5. The first-order chi connectivity index (χ1) is 13.2. The highest BCUT2D eigenvalue weighted by Crippen LogP contribution is 2.33. The number of carbonyl (C=O) groups excluding carboxylic acids is 1. The molecule has 3 rings (SSSR count). The van der Waals surface area contributed by atoms with E-state index in [0.29, 0.717) is 0 Å². The Morgan fingerprint density at radius 2 is 1.96 bits per heavy atom. The van der Waals surface area contributed by atoms with Crippen LogP contribution in [-0.4, -0.2) is 30.5 Å². The van der Waals surface area contributed by atoms with E-state index in [2.05, 4.69) is 20.5 Å². The van der Waals surface area contributed by atoms with Crippen LogP contribution in [0.25, 0.3) is 5.69 Å². The lowest BCUT2D eigenvalue weighted by molar-refractivity contribution is -0.137. The van der Waals surface area contributed by atoms with E-state index in [1.54, 1.807) is 0 Å². The Labute approximate surface area is 164 Å². The maximum absolute atomic E-state index is 13.0. The topological polar surface area (TPSA) is 94.7 Å². The van der Waals surface area contributed by atoms with Crippen molar-refractivity contribution in [3.8, 4) is 5.69 Å². The zero-order valence-electron chi connectivity index (χ0n) is 13.6. The number of amides is 1. The van der Waals surface area contributed by atoms with Crippen molar-refractivity contribution in [1.29, 1.82) is 0 Å². The molecule has 0 spiro atoms. The fourth-order valence-electron chi connectivity index (χ4n) is 2.23. The second-order valence-corrected chi connectivity index (χ2v) is 6.17. The maximum atomic E-state index is 13.0. The zero-order chi connectivity index (χ0) is 20.5. The summed E-state index contributed by atoms with van der Waals surface area (Å²) in [4.78, 5) is 28.0. The molecule has 1 amide bonds. The van der Waals surface area contributed by atoms with Crippen molar-refractivity contribution in [2.75, 3.05) is 5.32 Å². The van der Waals surface area contributed by atoms with Crippen molar-refractivity contribution >= 4 is 34.8 Å². The number of hydrogen-bond donors (Lipinski definition) is 1. The number of nitrogens with one attached hydrogen (secondary N) is 1. The molecule has 0 aliphatic carbocycles. The van der Waals surface area contributed by atoms with E-state index in [0.717, 1.165) is 29.1 Å². The lowest BCUT2D eigenvalue weighted by atomic mass is 10.1. The van der Waals surface area contributed by atoms with E-state index in [1.165, 1.54) is 17.3 Å². The van der Waals surface area contributed by atoms with Gasteiger partial charge in [-0.25, -0.2) is 14.3 Å². The molecule has 0 saturated carbocycles. The zero-order valence-corrected chi connectivity index (χ0v) is 15.1. The third kappa shape index (κ3) is 4.15. The van der Waals surface area contributed by atoms with Gasteiger partial charge in [-0.2, -0.15) is 23.4 Å². The summed E-state index contributed by atoms with van der Waals surface area (Å²) >= 11 is 11.4. The average Bonchev–Trinajstić information content (AvgIpc) is 3.16. The van der Waals surface area contributed by atoms with Gasteiger partial charge in [-0.15, -0.1) is 0 Å². The van der Waals surface area contributed by atoms with Crippen LogP contribution in [0.3, 0.4) is 0 Å². The molecule has 13 heteroatoms.